The van der Waals surface area contributed by atoms with Gasteiger partial charge in [-0.3, -0.25) is 14.6 Å². The van der Waals surface area contributed by atoms with Gasteiger partial charge in [0.15, 0.2) is 0 Å². The molecule has 2 rings (SSSR count). The van der Waals surface area contributed by atoms with Crippen LogP contribution in [0.1, 0.15) is 54.5 Å². The maximum Gasteiger partial charge on any atom is 0.274 e. The fourth-order valence-corrected chi connectivity index (χ4v) is 2.49. The molecule has 1 heterocycles. The summed E-state index contributed by atoms with van der Waals surface area (Å²) in [5.41, 5.74) is 1.29. The number of anilines is 1. The molecule has 0 radical (unpaired) electrons. The molecule has 0 aliphatic rings. The summed E-state index contributed by atoms with van der Waals surface area (Å²) in [6, 6.07) is 10.3. The summed E-state index contributed by atoms with van der Waals surface area (Å²) in [6.07, 6.45) is 3.53. The Morgan fingerprint density at radius 3 is 2.52 bits per heavy atom. The summed E-state index contributed by atoms with van der Waals surface area (Å²) in [5.74, 6) is 0.261. The van der Waals surface area contributed by atoms with E-state index in [9.17, 15) is 9.59 Å². The monoisotopic (exact) mass is 369 g/mol. The highest BCUT2D eigenvalue weighted by Gasteiger charge is 2.15. The molecule has 0 atom stereocenters. The van der Waals surface area contributed by atoms with Crippen molar-refractivity contribution in [3.8, 4) is 5.75 Å². The van der Waals surface area contributed by atoms with Gasteiger partial charge in [-0.15, -0.1) is 0 Å². The van der Waals surface area contributed by atoms with Crippen molar-refractivity contribution >= 4 is 17.5 Å². The van der Waals surface area contributed by atoms with E-state index in [1.807, 2.05) is 13.8 Å². The second-order valence-corrected chi connectivity index (χ2v) is 6.66. The molecule has 27 heavy (non-hydrogen) atoms. The van der Waals surface area contributed by atoms with Crippen LogP contribution in [0, 0.1) is 0 Å². The molecular weight excluding hydrogens is 342 g/mol. The highest BCUT2D eigenvalue weighted by Crippen LogP contribution is 2.17. The second-order valence-electron chi connectivity index (χ2n) is 6.66. The Morgan fingerprint density at radius 2 is 1.89 bits per heavy atom. The first-order valence-electron chi connectivity index (χ1n) is 9.20. The van der Waals surface area contributed by atoms with Gasteiger partial charge >= 0.3 is 0 Å². The predicted molar refractivity (Wildman–Crippen MR) is 106 cm³/mol. The number of rotatable bonds is 8. The van der Waals surface area contributed by atoms with Crippen molar-refractivity contribution in [3.63, 3.8) is 0 Å². The molecule has 2 aromatic rings. The zero-order valence-corrected chi connectivity index (χ0v) is 16.4. The minimum absolute atomic E-state index is 0.0883. The number of benzene rings is 1. The Labute approximate surface area is 160 Å². The van der Waals surface area contributed by atoms with Gasteiger partial charge in [0.2, 0.25) is 0 Å². The van der Waals surface area contributed by atoms with Crippen LogP contribution < -0.4 is 10.1 Å². The summed E-state index contributed by atoms with van der Waals surface area (Å²) in [7, 11) is 1.76. The zero-order chi connectivity index (χ0) is 19.8. The first-order valence-corrected chi connectivity index (χ1v) is 9.20. The predicted octanol–water partition coefficient (Wildman–Crippen LogP) is 3.99. The van der Waals surface area contributed by atoms with E-state index in [4.69, 9.17) is 4.74 Å². The van der Waals surface area contributed by atoms with Crippen molar-refractivity contribution in [2.75, 3.05) is 18.9 Å². The van der Waals surface area contributed by atoms with Crippen LogP contribution in [0.2, 0.25) is 0 Å². The van der Waals surface area contributed by atoms with Crippen LogP contribution in [0.5, 0.6) is 5.75 Å². The summed E-state index contributed by atoms with van der Waals surface area (Å²) >= 11 is 0. The molecule has 0 fully saturated rings. The molecule has 1 aromatic heterocycles. The molecule has 6 heteroatoms. The highest BCUT2D eigenvalue weighted by atomic mass is 16.5. The van der Waals surface area contributed by atoms with E-state index in [0.29, 0.717) is 17.8 Å². The van der Waals surface area contributed by atoms with Gasteiger partial charge in [-0.2, -0.15) is 0 Å². The normalized spacial score (nSPS) is 10.6. The summed E-state index contributed by atoms with van der Waals surface area (Å²) in [6.45, 7) is 6.67. The number of nitrogens with zero attached hydrogens (tertiary/aromatic N) is 2. The van der Waals surface area contributed by atoms with E-state index >= 15 is 0 Å². The van der Waals surface area contributed by atoms with Gasteiger partial charge in [-0.1, -0.05) is 13.3 Å². The minimum atomic E-state index is -0.363. The quantitative estimate of drug-likeness (QED) is 0.764. The zero-order valence-electron chi connectivity index (χ0n) is 16.4. The van der Waals surface area contributed by atoms with E-state index in [1.54, 1.807) is 42.3 Å². The lowest BCUT2D eigenvalue weighted by Crippen LogP contribution is -2.28. The number of carbonyl (C=O) groups excluding carboxylic acids is 2. The Morgan fingerprint density at radius 1 is 1.19 bits per heavy atom. The number of aromatic nitrogens is 1. The van der Waals surface area contributed by atoms with Gasteiger partial charge < -0.3 is 15.0 Å². The first kappa shape index (κ1) is 20.4. The lowest BCUT2D eigenvalue weighted by Gasteiger charge is -2.17. The minimum Gasteiger partial charge on any atom is -0.491 e. The topological polar surface area (TPSA) is 71.5 Å². The number of pyridine rings is 1. The summed E-state index contributed by atoms with van der Waals surface area (Å²) in [5, 5.41) is 2.79. The lowest BCUT2D eigenvalue weighted by atomic mass is 10.2. The lowest BCUT2D eigenvalue weighted by molar-refractivity contribution is 0.0793. The van der Waals surface area contributed by atoms with Gasteiger partial charge in [-0.25, -0.2) is 0 Å². The summed E-state index contributed by atoms with van der Waals surface area (Å²) in [4.78, 5) is 30.7. The Hall–Kier alpha value is -2.89. The van der Waals surface area contributed by atoms with Crippen molar-refractivity contribution in [1.29, 1.82) is 0 Å². The fraction of sp³-hybridized carbons (Fsp3) is 0.381. The van der Waals surface area contributed by atoms with E-state index in [1.165, 1.54) is 12.3 Å². The molecule has 0 unspecified atom stereocenters. The fourth-order valence-electron chi connectivity index (χ4n) is 2.49. The first-order chi connectivity index (χ1) is 12.9. The molecule has 6 nitrogen and oxygen atoms in total. The number of unbranched alkanes of at least 4 members (excludes halogenated alkanes) is 1. The number of hydrogen-bond donors (Lipinski definition) is 1. The van der Waals surface area contributed by atoms with E-state index in [2.05, 4.69) is 17.2 Å². The van der Waals surface area contributed by atoms with Crippen LogP contribution in [0.3, 0.4) is 0 Å². The van der Waals surface area contributed by atoms with Crippen molar-refractivity contribution in [1.82, 2.24) is 9.88 Å². The third-order valence-electron chi connectivity index (χ3n) is 3.92. The third-order valence-corrected chi connectivity index (χ3v) is 3.92. The molecule has 1 aromatic carbocycles. The van der Waals surface area contributed by atoms with Gasteiger partial charge in [0.25, 0.3) is 11.8 Å². The van der Waals surface area contributed by atoms with Gasteiger partial charge in [0.1, 0.15) is 11.4 Å². The largest absolute Gasteiger partial charge is 0.491 e. The van der Waals surface area contributed by atoms with Crippen molar-refractivity contribution in [2.45, 2.75) is 39.7 Å². The average Bonchev–Trinajstić information content (AvgIpc) is 2.66. The van der Waals surface area contributed by atoms with Crippen LogP contribution >= 0.6 is 0 Å². The maximum atomic E-state index is 12.5. The Kier molecular flexibility index (Phi) is 7.34. The van der Waals surface area contributed by atoms with Gasteiger partial charge in [-0.05, 0) is 56.7 Å². The van der Waals surface area contributed by atoms with Crippen LogP contribution in [0.15, 0.2) is 42.6 Å². The van der Waals surface area contributed by atoms with Crippen LogP contribution in [-0.2, 0) is 0 Å². The molecule has 1 N–H and O–H groups in total. The van der Waals surface area contributed by atoms with Crippen molar-refractivity contribution in [3.05, 3.63) is 53.9 Å². The molecule has 0 saturated heterocycles. The highest BCUT2D eigenvalue weighted by molar-refractivity contribution is 6.04. The summed E-state index contributed by atoms with van der Waals surface area (Å²) < 4.78 is 5.58. The van der Waals surface area contributed by atoms with E-state index in [0.717, 1.165) is 18.6 Å². The third kappa shape index (κ3) is 6.09. The van der Waals surface area contributed by atoms with Gasteiger partial charge in [0.05, 0.1) is 6.10 Å². The van der Waals surface area contributed by atoms with E-state index in [-0.39, 0.29) is 23.6 Å². The van der Waals surface area contributed by atoms with E-state index < -0.39 is 0 Å². The number of hydrogen-bond acceptors (Lipinski definition) is 4. The van der Waals surface area contributed by atoms with Crippen LogP contribution in [0.4, 0.5) is 5.69 Å². The second kappa shape index (κ2) is 9.71. The van der Waals surface area contributed by atoms with Crippen LogP contribution in [-0.4, -0.2) is 41.4 Å². The van der Waals surface area contributed by atoms with Crippen molar-refractivity contribution in [2.24, 2.45) is 0 Å². The Bertz CT molecular complexity index is 772. The number of amides is 2. The number of nitrogens with one attached hydrogen (secondary N) is 1. The Balaban J connectivity index is 2.05. The molecule has 2 amide bonds. The molecule has 144 valence electrons. The number of ether oxygens (including phenoxy) is 1. The molecule has 0 spiro atoms. The SMILES string of the molecule is CCCCN(C)C(=O)c1ccnc(C(=O)Nc2ccc(OC(C)C)cc2)c1. The standard InChI is InChI=1S/C21H27N3O3/c1-5-6-13-24(4)21(26)16-11-12-22-19(14-16)20(25)23-17-7-9-18(10-8-17)27-15(2)3/h7-12,14-15H,5-6,13H2,1-4H3,(H,23,25). The van der Waals surface area contributed by atoms with Gasteiger partial charge in [0, 0.05) is 31.0 Å². The average molecular weight is 369 g/mol. The molecule has 0 aliphatic carbocycles. The molecular formula is C21H27N3O3. The number of carbonyl (C=O) groups is 2. The maximum absolute atomic E-state index is 12.5. The molecule has 0 bridgehead atoms. The van der Waals surface area contributed by atoms with Crippen molar-refractivity contribution < 1.29 is 14.3 Å². The molecule has 0 aliphatic heterocycles. The smallest absolute Gasteiger partial charge is 0.274 e. The van der Waals surface area contributed by atoms with Crippen LogP contribution in [0.25, 0.3) is 0 Å². The molecule has 0 saturated carbocycles.